The van der Waals surface area contributed by atoms with Crippen molar-refractivity contribution in [3.8, 4) is 10.8 Å². The summed E-state index contributed by atoms with van der Waals surface area (Å²) in [6.07, 6.45) is 1.54. The van der Waals surface area contributed by atoms with Crippen molar-refractivity contribution >= 4 is 34.5 Å². The fourth-order valence-electron chi connectivity index (χ4n) is 1.67. The van der Waals surface area contributed by atoms with E-state index in [2.05, 4.69) is 10.3 Å². The van der Waals surface area contributed by atoms with Gasteiger partial charge in [0.05, 0.1) is 17.0 Å². The van der Waals surface area contributed by atoms with E-state index in [4.69, 9.17) is 16.0 Å². The van der Waals surface area contributed by atoms with E-state index in [0.717, 1.165) is 6.07 Å². The van der Waals surface area contributed by atoms with E-state index in [1.807, 2.05) is 0 Å². The molecule has 0 spiro atoms. The lowest BCUT2D eigenvalue weighted by atomic mass is 10.3. The Morgan fingerprint density at radius 1 is 1.38 bits per heavy atom. The number of hydrogen-bond acceptors (Lipinski definition) is 4. The topological polar surface area (TPSA) is 55.1 Å². The molecule has 2 heterocycles. The molecule has 3 rings (SSSR count). The van der Waals surface area contributed by atoms with Crippen molar-refractivity contribution in [2.75, 3.05) is 5.32 Å². The minimum absolute atomic E-state index is 0.129. The summed E-state index contributed by atoms with van der Waals surface area (Å²) in [4.78, 5) is 16.3. The number of thiazole rings is 1. The lowest BCUT2D eigenvalue weighted by Gasteiger charge is -2.05. The molecule has 7 heteroatoms. The van der Waals surface area contributed by atoms with E-state index in [1.54, 1.807) is 17.5 Å². The molecule has 0 saturated heterocycles. The molecule has 0 bridgehead atoms. The van der Waals surface area contributed by atoms with Crippen molar-refractivity contribution in [2.45, 2.75) is 0 Å². The number of anilines is 1. The Balaban J connectivity index is 1.79. The number of benzene rings is 1. The molecule has 3 aromatic rings. The number of carbonyl (C=O) groups excluding carboxylic acids is 1. The van der Waals surface area contributed by atoms with Crippen LogP contribution in [0.2, 0.25) is 5.02 Å². The molecule has 106 valence electrons. The second-order valence-corrected chi connectivity index (χ2v) is 5.36. The number of furan rings is 1. The van der Waals surface area contributed by atoms with Crippen LogP contribution in [0.1, 0.15) is 10.5 Å². The summed E-state index contributed by atoms with van der Waals surface area (Å²) < 4.78 is 18.2. The van der Waals surface area contributed by atoms with Crippen LogP contribution in [-0.4, -0.2) is 10.9 Å². The summed E-state index contributed by atoms with van der Waals surface area (Å²) in [5.41, 5.74) is 0.572. The maximum atomic E-state index is 13.0. The number of amides is 1. The predicted molar refractivity (Wildman–Crippen MR) is 79.2 cm³/mol. The number of rotatable bonds is 3. The van der Waals surface area contributed by atoms with Gasteiger partial charge in [-0.05, 0) is 30.3 Å². The number of nitrogens with one attached hydrogen (secondary N) is 1. The van der Waals surface area contributed by atoms with Gasteiger partial charge in [-0.2, -0.15) is 0 Å². The SMILES string of the molecule is O=C(Nc1ccc(F)cc1Cl)c1csc(-c2ccco2)n1. The van der Waals surface area contributed by atoms with Crippen LogP contribution in [0, 0.1) is 5.82 Å². The smallest absolute Gasteiger partial charge is 0.275 e. The normalized spacial score (nSPS) is 10.6. The van der Waals surface area contributed by atoms with Gasteiger partial charge >= 0.3 is 0 Å². The van der Waals surface area contributed by atoms with Crippen LogP contribution in [0.15, 0.2) is 46.4 Å². The summed E-state index contributed by atoms with van der Waals surface area (Å²) in [5.74, 6) is -0.289. The van der Waals surface area contributed by atoms with E-state index >= 15 is 0 Å². The Kier molecular flexibility index (Phi) is 3.72. The number of aromatic nitrogens is 1. The lowest BCUT2D eigenvalue weighted by Crippen LogP contribution is -2.12. The van der Waals surface area contributed by atoms with E-state index in [-0.39, 0.29) is 10.7 Å². The molecule has 2 aromatic heterocycles. The van der Waals surface area contributed by atoms with Crippen LogP contribution in [-0.2, 0) is 0 Å². The first kappa shape index (κ1) is 13.8. The summed E-state index contributed by atoms with van der Waals surface area (Å²) in [6, 6.07) is 7.25. The Morgan fingerprint density at radius 3 is 2.95 bits per heavy atom. The molecule has 0 aliphatic rings. The first-order chi connectivity index (χ1) is 10.1. The molecule has 1 amide bonds. The van der Waals surface area contributed by atoms with Crippen LogP contribution < -0.4 is 5.32 Å². The average molecular weight is 323 g/mol. The van der Waals surface area contributed by atoms with E-state index < -0.39 is 11.7 Å². The largest absolute Gasteiger partial charge is 0.462 e. The highest BCUT2D eigenvalue weighted by Gasteiger charge is 2.14. The molecule has 0 radical (unpaired) electrons. The Labute approximate surface area is 128 Å². The van der Waals surface area contributed by atoms with E-state index in [1.165, 1.54) is 29.7 Å². The van der Waals surface area contributed by atoms with Crippen molar-refractivity contribution < 1.29 is 13.6 Å². The van der Waals surface area contributed by atoms with Crippen LogP contribution in [0.5, 0.6) is 0 Å². The molecule has 0 aliphatic carbocycles. The summed E-state index contributed by atoms with van der Waals surface area (Å²) in [6.45, 7) is 0. The third-order valence-corrected chi connectivity index (χ3v) is 3.82. The molecule has 1 N–H and O–H groups in total. The quantitative estimate of drug-likeness (QED) is 0.775. The fourth-order valence-corrected chi connectivity index (χ4v) is 2.65. The van der Waals surface area contributed by atoms with Gasteiger partial charge in [-0.3, -0.25) is 4.79 Å². The third-order valence-electron chi connectivity index (χ3n) is 2.65. The Hall–Kier alpha value is -2.18. The zero-order valence-corrected chi connectivity index (χ0v) is 12.0. The van der Waals surface area contributed by atoms with Crippen LogP contribution in [0.3, 0.4) is 0 Å². The molecule has 0 fully saturated rings. The predicted octanol–water partition coefficient (Wildman–Crippen LogP) is 4.45. The third kappa shape index (κ3) is 2.96. The maximum Gasteiger partial charge on any atom is 0.275 e. The highest BCUT2D eigenvalue weighted by atomic mass is 35.5. The minimum atomic E-state index is -0.466. The first-order valence-corrected chi connectivity index (χ1v) is 7.15. The fraction of sp³-hybridized carbons (Fsp3) is 0. The van der Waals surface area contributed by atoms with Gasteiger partial charge in [0.2, 0.25) is 0 Å². The highest BCUT2D eigenvalue weighted by Crippen LogP contribution is 2.26. The number of hydrogen-bond donors (Lipinski definition) is 1. The Bertz CT molecular complexity index is 786. The van der Waals surface area contributed by atoms with E-state index in [9.17, 15) is 9.18 Å². The van der Waals surface area contributed by atoms with Gasteiger partial charge in [-0.15, -0.1) is 11.3 Å². The standard InChI is InChI=1S/C14H8ClFN2O2S/c15-9-6-8(16)3-4-10(9)17-13(19)11-7-21-14(18-11)12-2-1-5-20-12/h1-7H,(H,17,19). The number of carbonyl (C=O) groups is 1. The van der Waals surface area contributed by atoms with Crippen LogP contribution in [0.4, 0.5) is 10.1 Å². The average Bonchev–Trinajstić information content (AvgIpc) is 3.10. The maximum absolute atomic E-state index is 13.0. The van der Waals surface area contributed by atoms with Gasteiger partial charge in [0, 0.05) is 5.38 Å². The van der Waals surface area contributed by atoms with Crippen molar-refractivity contribution in [2.24, 2.45) is 0 Å². The summed E-state index contributed by atoms with van der Waals surface area (Å²) in [5, 5.41) is 4.94. The van der Waals surface area contributed by atoms with Crippen molar-refractivity contribution in [1.82, 2.24) is 4.98 Å². The molecular weight excluding hydrogens is 315 g/mol. The van der Waals surface area contributed by atoms with Crippen molar-refractivity contribution in [3.63, 3.8) is 0 Å². The lowest BCUT2D eigenvalue weighted by molar-refractivity contribution is 0.102. The molecule has 1 aromatic carbocycles. The van der Waals surface area contributed by atoms with Crippen molar-refractivity contribution in [3.05, 3.63) is 58.5 Å². The van der Waals surface area contributed by atoms with Crippen LogP contribution >= 0.6 is 22.9 Å². The Morgan fingerprint density at radius 2 is 2.24 bits per heavy atom. The molecule has 0 aliphatic heterocycles. The van der Waals surface area contributed by atoms with Gasteiger partial charge in [-0.1, -0.05) is 11.6 Å². The van der Waals surface area contributed by atoms with Crippen molar-refractivity contribution in [1.29, 1.82) is 0 Å². The summed E-state index contributed by atoms with van der Waals surface area (Å²) >= 11 is 7.15. The van der Waals surface area contributed by atoms with Gasteiger partial charge in [0.15, 0.2) is 10.8 Å². The molecule has 21 heavy (non-hydrogen) atoms. The molecule has 0 unspecified atom stereocenters. The summed E-state index contributed by atoms with van der Waals surface area (Å²) in [7, 11) is 0. The second kappa shape index (κ2) is 5.67. The van der Waals surface area contributed by atoms with Gasteiger partial charge in [0.25, 0.3) is 5.91 Å². The molecular formula is C14H8ClFN2O2S. The first-order valence-electron chi connectivity index (χ1n) is 5.89. The van der Waals surface area contributed by atoms with Gasteiger partial charge < -0.3 is 9.73 Å². The van der Waals surface area contributed by atoms with Gasteiger partial charge in [-0.25, -0.2) is 9.37 Å². The van der Waals surface area contributed by atoms with Gasteiger partial charge in [0.1, 0.15) is 11.5 Å². The molecule has 0 saturated carbocycles. The zero-order chi connectivity index (χ0) is 14.8. The highest BCUT2D eigenvalue weighted by molar-refractivity contribution is 7.13. The minimum Gasteiger partial charge on any atom is -0.462 e. The second-order valence-electron chi connectivity index (χ2n) is 4.09. The number of nitrogens with zero attached hydrogens (tertiary/aromatic N) is 1. The zero-order valence-electron chi connectivity index (χ0n) is 10.5. The molecule has 0 atom stereocenters. The number of halogens is 2. The molecule has 4 nitrogen and oxygen atoms in total. The monoisotopic (exact) mass is 322 g/mol. The van der Waals surface area contributed by atoms with E-state index in [0.29, 0.717) is 16.5 Å². The van der Waals surface area contributed by atoms with Crippen LogP contribution in [0.25, 0.3) is 10.8 Å².